The van der Waals surface area contributed by atoms with E-state index in [-0.39, 0.29) is 12.5 Å². The van der Waals surface area contributed by atoms with Crippen molar-refractivity contribution in [3.05, 3.63) is 0 Å². The van der Waals surface area contributed by atoms with Crippen LogP contribution in [0.15, 0.2) is 0 Å². The van der Waals surface area contributed by atoms with Gasteiger partial charge in [-0.05, 0) is 12.3 Å². The minimum Gasteiger partial charge on any atom is -0.427 e. The average molecular weight is 252 g/mol. The van der Waals surface area contributed by atoms with Crippen LogP contribution in [0.5, 0.6) is 0 Å². The fourth-order valence-corrected chi connectivity index (χ4v) is 0.936. The Labute approximate surface area is 101 Å². The molecule has 0 N–H and O–H groups in total. The highest BCUT2D eigenvalue weighted by Gasteiger charge is 2.41. The number of ether oxygens (including phenoxy) is 2. The summed E-state index contributed by atoms with van der Waals surface area (Å²) >= 11 is 0. The van der Waals surface area contributed by atoms with Crippen molar-refractivity contribution in [1.29, 1.82) is 0 Å². The zero-order valence-corrected chi connectivity index (χ0v) is 11.1. The first-order chi connectivity index (χ1) is 7.73. The third-order valence-electron chi connectivity index (χ3n) is 2.42. The van der Waals surface area contributed by atoms with Gasteiger partial charge in [0, 0.05) is 6.92 Å². The lowest BCUT2D eigenvalue weighted by atomic mass is 10.1. The molecule has 0 saturated carbocycles. The minimum atomic E-state index is -2.87. The normalized spacial score (nSPS) is 17.0. The Kier molecular flexibility index (Phi) is 6.60. The molecule has 0 aromatic heterocycles. The SMILES string of the molecule is CCC(C)C(=O)OC(C)(OCC(C)C)C(F)F. The third kappa shape index (κ3) is 5.44. The van der Waals surface area contributed by atoms with Gasteiger partial charge in [-0.3, -0.25) is 4.79 Å². The van der Waals surface area contributed by atoms with E-state index in [4.69, 9.17) is 9.47 Å². The van der Waals surface area contributed by atoms with Crippen LogP contribution in [-0.2, 0) is 14.3 Å². The fourth-order valence-electron chi connectivity index (χ4n) is 0.936. The number of hydrogen-bond donors (Lipinski definition) is 0. The summed E-state index contributed by atoms with van der Waals surface area (Å²) in [5.41, 5.74) is 0. The minimum absolute atomic E-state index is 0.0929. The highest BCUT2D eigenvalue weighted by atomic mass is 19.3. The van der Waals surface area contributed by atoms with Crippen molar-refractivity contribution in [3.8, 4) is 0 Å². The predicted octanol–water partition coefficient (Wildman–Crippen LogP) is 3.23. The van der Waals surface area contributed by atoms with Crippen LogP contribution in [0.2, 0.25) is 0 Å². The molecule has 2 unspecified atom stereocenters. The van der Waals surface area contributed by atoms with Crippen LogP contribution in [-0.4, -0.2) is 24.8 Å². The Morgan fingerprint density at radius 2 is 1.82 bits per heavy atom. The highest BCUT2D eigenvalue weighted by molar-refractivity contribution is 5.72. The quantitative estimate of drug-likeness (QED) is 0.515. The molecule has 0 aromatic rings. The van der Waals surface area contributed by atoms with Crippen molar-refractivity contribution in [2.45, 2.75) is 53.3 Å². The second-order valence-corrected chi connectivity index (χ2v) is 4.75. The zero-order valence-electron chi connectivity index (χ0n) is 11.1. The molecule has 17 heavy (non-hydrogen) atoms. The van der Waals surface area contributed by atoms with E-state index < -0.39 is 24.1 Å². The zero-order chi connectivity index (χ0) is 13.6. The molecule has 0 fully saturated rings. The van der Waals surface area contributed by atoms with Gasteiger partial charge in [-0.15, -0.1) is 0 Å². The third-order valence-corrected chi connectivity index (χ3v) is 2.42. The first kappa shape index (κ1) is 16.3. The summed E-state index contributed by atoms with van der Waals surface area (Å²) < 4.78 is 35.5. The van der Waals surface area contributed by atoms with Crippen LogP contribution in [0.3, 0.4) is 0 Å². The first-order valence-electron chi connectivity index (χ1n) is 5.87. The number of alkyl halides is 2. The number of rotatable bonds is 7. The van der Waals surface area contributed by atoms with E-state index in [1.165, 1.54) is 0 Å². The standard InChI is InChI=1S/C12H22F2O3/c1-6-9(4)10(15)17-12(5,11(13)14)16-7-8(2)3/h8-9,11H,6-7H2,1-5H3. The smallest absolute Gasteiger partial charge is 0.311 e. The Hall–Kier alpha value is -0.710. The van der Waals surface area contributed by atoms with E-state index in [2.05, 4.69) is 0 Å². The number of carbonyl (C=O) groups excluding carboxylic acids is 1. The van der Waals surface area contributed by atoms with Crippen molar-refractivity contribution in [2.24, 2.45) is 11.8 Å². The summed E-state index contributed by atoms with van der Waals surface area (Å²) in [6.07, 6.45) is -2.32. The Balaban J connectivity index is 4.56. The molecule has 102 valence electrons. The molecule has 0 rings (SSSR count). The molecule has 0 spiro atoms. The fraction of sp³-hybridized carbons (Fsp3) is 0.917. The van der Waals surface area contributed by atoms with E-state index in [0.29, 0.717) is 6.42 Å². The van der Waals surface area contributed by atoms with Gasteiger partial charge in [0.15, 0.2) is 0 Å². The molecule has 0 amide bonds. The lowest BCUT2D eigenvalue weighted by molar-refractivity contribution is -0.276. The van der Waals surface area contributed by atoms with Crippen LogP contribution in [0, 0.1) is 11.8 Å². The molecular weight excluding hydrogens is 230 g/mol. The molecule has 0 radical (unpaired) electrons. The van der Waals surface area contributed by atoms with Crippen LogP contribution in [0.1, 0.15) is 41.0 Å². The van der Waals surface area contributed by atoms with Gasteiger partial charge in [-0.2, -0.15) is 0 Å². The van der Waals surface area contributed by atoms with Gasteiger partial charge >= 0.3 is 12.4 Å². The van der Waals surface area contributed by atoms with E-state index >= 15 is 0 Å². The molecular formula is C12H22F2O3. The highest BCUT2D eigenvalue weighted by Crippen LogP contribution is 2.24. The van der Waals surface area contributed by atoms with Gasteiger partial charge in [-0.1, -0.05) is 27.7 Å². The van der Waals surface area contributed by atoms with Gasteiger partial charge in [0.05, 0.1) is 12.5 Å². The maximum atomic E-state index is 12.9. The maximum Gasteiger partial charge on any atom is 0.311 e. The van der Waals surface area contributed by atoms with E-state index in [1.54, 1.807) is 13.8 Å². The monoisotopic (exact) mass is 252 g/mol. The van der Waals surface area contributed by atoms with Gasteiger partial charge in [0.2, 0.25) is 0 Å². The summed E-state index contributed by atoms with van der Waals surface area (Å²) in [7, 11) is 0. The second-order valence-electron chi connectivity index (χ2n) is 4.75. The first-order valence-corrected chi connectivity index (χ1v) is 5.87. The summed E-state index contributed by atoms with van der Waals surface area (Å²) in [5, 5.41) is 0. The van der Waals surface area contributed by atoms with Gasteiger partial charge in [0.1, 0.15) is 0 Å². The molecule has 3 nitrogen and oxygen atoms in total. The van der Waals surface area contributed by atoms with Crippen LogP contribution in [0.4, 0.5) is 8.78 Å². The number of esters is 1. The molecule has 2 atom stereocenters. The van der Waals surface area contributed by atoms with E-state index in [9.17, 15) is 13.6 Å². The van der Waals surface area contributed by atoms with Crippen LogP contribution < -0.4 is 0 Å². The lowest BCUT2D eigenvalue weighted by Gasteiger charge is -2.30. The van der Waals surface area contributed by atoms with Crippen molar-refractivity contribution in [1.82, 2.24) is 0 Å². The van der Waals surface area contributed by atoms with Crippen molar-refractivity contribution in [3.63, 3.8) is 0 Å². The Bertz CT molecular complexity index is 244. The average Bonchev–Trinajstić information content (AvgIpc) is 2.24. The molecule has 0 aliphatic carbocycles. The number of hydrogen-bond acceptors (Lipinski definition) is 3. The van der Waals surface area contributed by atoms with Crippen LogP contribution in [0.25, 0.3) is 0 Å². The molecule has 0 heterocycles. The maximum absolute atomic E-state index is 12.9. The van der Waals surface area contributed by atoms with Crippen molar-refractivity contribution >= 4 is 5.97 Å². The van der Waals surface area contributed by atoms with Crippen molar-refractivity contribution in [2.75, 3.05) is 6.61 Å². The van der Waals surface area contributed by atoms with E-state index in [0.717, 1.165) is 6.92 Å². The molecule has 0 saturated heterocycles. The number of carbonyl (C=O) groups is 1. The molecule has 0 aliphatic heterocycles. The van der Waals surface area contributed by atoms with E-state index in [1.807, 2.05) is 13.8 Å². The van der Waals surface area contributed by atoms with Gasteiger partial charge in [-0.25, -0.2) is 8.78 Å². The van der Waals surface area contributed by atoms with Crippen molar-refractivity contribution < 1.29 is 23.0 Å². The molecule has 5 heteroatoms. The molecule has 0 aliphatic rings. The summed E-state index contributed by atoms with van der Waals surface area (Å²) in [4.78, 5) is 11.5. The largest absolute Gasteiger partial charge is 0.427 e. The van der Waals surface area contributed by atoms with Gasteiger partial charge < -0.3 is 9.47 Å². The predicted molar refractivity (Wildman–Crippen MR) is 60.7 cm³/mol. The summed E-state index contributed by atoms with van der Waals surface area (Å²) in [6, 6.07) is 0. The van der Waals surface area contributed by atoms with Crippen LogP contribution >= 0.6 is 0 Å². The Morgan fingerprint density at radius 3 is 2.18 bits per heavy atom. The number of halogens is 2. The van der Waals surface area contributed by atoms with Gasteiger partial charge in [0.25, 0.3) is 5.79 Å². The molecule has 0 aromatic carbocycles. The Morgan fingerprint density at radius 1 is 1.29 bits per heavy atom. The second kappa shape index (κ2) is 6.89. The lowest BCUT2D eigenvalue weighted by Crippen LogP contribution is -2.44. The molecule has 0 bridgehead atoms. The topological polar surface area (TPSA) is 35.5 Å². The summed E-state index contributed by atoms with van der Waals surface area (Å²) in [6.45, 7) is 8.32. The summed E-state index contributed by atoms with van der Waals surface area (Å²) in [5.74, 6) is -3.12.